The van der Waals surface area contributed by atoms with E-state index < -0.39 is 0 Å². The highest BCUT2D eigenvalue weighted by atomic mass is 35.5. The van der Waals surface area contributed by atoms with Crippen LogP contribution in [0.4, 0.5) is 5.95 Å². The zero-order valence-electron chi connectivity index (χ0n) is 8.83. The Labute approximate surface area is 94.0 Å². The molecule has 1 saturated heterocycles. The van der Waals surface area contributed by atoms with Gasteiger partial charge in [-0.1, -0.05) is 0 Å². The Bertz CT molecular complexity index is 338. The van der Waals surface area contributed by atoms with Crippen LogP contribution in [0.25, 0.3) is 0 Å². The van der Waals surface area contributed by atoms with E-state index in [9.17, 15) is 0 Å². The lowest BCUT2D eigenvalue weighted by Crippen LogP contribution is -2.29. The summed E-state index contributed by atoms with van der Waals surface area (Å²) in [6, 6.07) is 2.04. The van der Waals surface area contributed by atoms with Gasteiger partial charge >= 0.3 is 0 Å². The molecule has 82 valence electrons. The summed E-state index contributed by atoms with van der Waals surface area (Å²) >= 11 is 6.06. The summed E-state index contributed by atoms with van der Waals surface area (Å²) < 4.78 is 5.25. The van der Waals surface area contributed by atoms with E-state index in [-0.39, 0.29) is 11.4 Å². The number of nitrogens with zero attached hydrogens (tertiary/aromatic N) is 2. The van der Waals surface area contributed by atoms with Gasteiger partial charge < -0.3 is 10.1 Å². The Balaban J connectivity index is 2.10. The van der Waals surface area contributed by atoms with Crippen LogP contribution >= 0.6 is 11.6 Å². The average molecular weight is 228 g/mol. The number of anilines is 1. The molecule has 0 bridgehead atoms. The highest BCUT2D eigenvalue weighted by Crippen LogP contribution is 2.16. The van der Waals surface area contributed by atoms with Gasteiger partial charge in [-0.15, -0.1) is 11.6 Å². The van der Waals surface area contributed by atoms with Crippen LogP contribution < -0.4 is 5.32 Å². The molecular weight excluding hydrogens is 214 g/mol. The van der Waals surface area contributed by atoms with Crippen LogP contribution in [0.2, 0.25) is 0 Å². The quantitative estimate of drug-likeness (QED) is 0.779. The topological polar surface area (TPSA) is 47.0 Å². The number of rotatable bonds is 2. The van der Waals surface area contributed by atoms with E-state index in [1.807, 2.05) is 19.9 Å². The minimum atomic E-state index is -0.00517. The van der Waals surface area contributed by atoms with Crippen molar-refractivity contribution in [2.45, 2.75) is 25.3 Å². The summed E-state index contributed by atoms with van der Waals surface area (Å²) in [5, 5.41) is 3.19. The maximum absolute atomic E-state index is 6.06. The molecule has 0 aromatic carbocycles. The van der Waals surface area contributed by atoms with E-state index >= 15 is 0 Å². The Morgan fingerprint density at radius 2 is 2.00 bits per heavy atom. The summed E-state index contributed by atoms with van der Waals surface area (Å²) in [4.78, 5) is 8.59. The van der Waals surface area contributed by atoms with E-state index in [1.165, 1.54) is 0 Å². The minimum absolute atomic E-state index is 0.00517. The van der Waals surface area contributed by atoms with Crippen molar-refractivity contribution >= 4 is 17.5 Å². The summed E-state index contributed by atoms with van der Waals surface area (Å²) in [7, 11) is 0. The van der Waals surface area contributed by atoms with Crippen LogP contribution in [0.3, 0.4) is 0 Å². The van der Waals surface area contributed by atoms with Crippen molar-refractivity contribution in [1.29, 1.82) is 0 Å². The Morgan fingerprint density at radius 1 is 1.33 bits per heavy atom. The van der Waals surface area contributed by atoms with Gasteiger partial charge in [0.15, 0.2) is 0 Å². The SMILES string of the molecule is Cc1cc(C)nc(NC2COCC2Cl)n1. The third-order valence-electron chi connectivity index (χ3n) is 2.31. The van der Waals surface area contributed by atoms with E-state index in [2.05, 4.69) is 15.3 Å². The number of alkyl halides is 1. The van der Waals surface area contributed by atoms with Gasteiger partial charge in [-0.05, 0) is 19.9 Å². The summed E-state index contributed by atoms with van der Waals surface area (Å²) in [6.45, 7) is 5.10. The maximum atomic E-state index is 6.06. The van der Waals surface area contributed by atoms with E-state index in [1.54, 1.807) is 0 Å². The van der Waals surface area contributed by atoms with Crippen molar-refractivity contribution in [3.8, 4) is 0 Å². The zero-order valence-corrected chi connectivity index (χ0v) is 9.58. The molecule has 5 heteroatoms. The Hall–Kier alpha value is -0.870. The number of ether oxygens (including phenoxy) is 1. The fourth-order valence-electron chi connectivity index (χ4n) is 1.62. The Kier molecular flexibility index (Phi) is 3.07. The van der Waals surface area contributed by atoms with Crippen molar-refractivity contribution < 1.29 is 4.74 Å². The first-order valence-electron chi connectivity index (χ1n) is 4.96. The maximum Gasteiger partial charge on any atom is 0.223 e. The fourth-order valence-corrected chi connectivity index (χ4v) is 1.84. The molecule has 1 aromatic rings. The molecule has 2 heterocycles. The number of hydrogen-bond donors (Lipinski definition) is 1. The third-order valence-corrected chi connectivity index (χ3v) is 2.74. The molecule has 0 aliphatic carbocycles. The zero-order chi connectivity index (χ0) is 10.8. The van der Waals surface area contributed by atoms with Crippen molar-refractivity contribution in [2.75, 3.05) is 18.5 Å². The molecule has 1 aliphatic rings. The van der Waals surface area contributed by atoms with Gasteiger partial charge in [0.2, 0.25) is 5.95 Å². The number of halogens is 1. The monoisotopic (exact) mass is 227 g/mol. The van der Waals surface area contributed by atoms with E-state index in [0.29, 0.717) is 19.2 Å². The number of hydrogen-bond acceptors (Lipinski definition) is 4. The van der Waals surface area contributed by atoms with Crippen LogP contribution in [-0.4, -0.2) is 34.6 Å². The third kappa shape index (κ3) is 2.58. The largest absolute Gasteiger partial charge is 0.378 e. The van der Waals surface area contributed by atoms with Gasteiger partial charge in [-0.3, -0.25) is 0 Å². The second-order valence-electron chi connectivity index (χ2n) is 3.78. The molecular formula is C10H14ClN3O. The fraction of sp³-hybridized carbons (Fsp3) is 0.600. The van der Waals surface area contributed by atoms with E-state index in [0.717, 1.165) is 11.4 Å². The minimum Gasteiger partial charge on any atom is -0.378 e. The van der Waals surface area contributed by atoms with Crippen molar-refractivity contribution in [3.05, 3.63) is 17.5 Å². The van der Waals surface area contributed by atoms with Crippen LogP contribution in [0.5, 0.6) is 0 Å². The van der Waals surface area contributed by atoms with Gasteiger partial charge in [0.1, 0.15) is 0 Å². The molecule has 0 radical (unpaired) electrons. The van der Waals surface area contributed by atoms with Gasteiger partial charge in [0.05, 0.1) is 24.6 Å². The van der Waals surface area contributed by atoms with Crippen molar-refractivity contribution in [3.63, 3.8) is 0 Å². The first-order valence-corrected chi connectivity index (χ1v) is 5.39. The predicted molar refractivity (Wildman–Crippen MR) is 59.4 cm³/mol. The molecule has 0 spiro atoms. The molecule has 1 fully saturated rings. The molecule has 0 amide bonds. The number of aryl methyl sites for hydroxylation is 2. The van der Waals surface area contributed by atoms with Crippen LogP contribution in [-0.2, 0) is 4.74 Å². The summed E-state index contributed by atoms with van der Waals surface area (Å²) in [6.07, 6.45) is 0. The van der Waals surface area contributed by atoms with Gasteiger partial charge in [0, 0.05) is 11.4 Å². The first kappa shape index (κ1) is 10.6. The standard InChI is InChI=1S/C10H14ClN3O/c1-6-3-7(2)13-10(12-6)14-9-5-15-4-8(9)11/h3,8-9H,4-5H2,1-2H3,(H,12,13,14). The molecule has 2 unspecified atom stereocenters. The highest BCUT2D eigenvalue weighted by Gasteiger charge is 2.26. The van der Waals surface area contributed by atoms with Gasteiger partial charge in [-0.25, -0.2) is 9.97 Å². The first-order chi connectivity index (χ1) is 7.15. The molecule has 15 heavy (non-hydrogen) atoms. The lowest BCUT2D eigenvalue weighted by Gasteiger charge is -2.14. The van der Waals surface area contributed by atoms with E-state index in [4.69, 9.17) is 16.3 Å². The molecule has 2 rings (SSSR count). The van der Waals surface area contributed by atoms with Crippen molar-refractivity contribution in [2.24, 2.45) is 0 Å². The second-order valence-corrected chi connectivity index (χ2v) is 4.34. The molecule has 4 nitrogen and oxygen atoms in total. The molecule has 1 N–H and O–H groups in total. The van der Waals surface area contributed by atoms with Gasteiger partial charge in [0.25, 0.3) is 0 Å². The normalized spacial score (nSPS) is 25.5. The molecule has 0 saturated carbocycles. The molecule has 2 atom stereocenters. The summed E-state index contributed by atoms with van der Waals surface area (Å²) in [5.74, 6) is 0.633. The lowest BCUT2D eigenvalue weighted by molar-refractivity contribution is 0.196. The Morgan fingerprint density at radius 3 is 2.53 bits per heavy atom. The average Bonchev–Trinajstić information content (AvgIpc) is 2.50. The second kappa shape index (κ2) is 4.33. The van der Waals surface area contributed by atoms with Crippen LogP contribution in [0.1, 0.15) is 11.4 Å². The molecule has 1 aromatic heterocycles. The van der Waals surface area contributed by atoms with Crippen molar-refractivity contribution in [1.82, 2.24) is 9.97 Å². The number of nitrogens with one attached hydrogen (secondary N) is 1. The smallest absolute Gasteiger partial charge is 0.223 e. The summed E-state index contributed by atoms with van der Waals surface area (Å²) in [5.41, 5.74) is 1.91. The van der Waals surface area contributed by atoms with Crippen LogP contribution in [0, 0.1) is 13.8 Å². The lowest BCUT2D eigenvalue weighted by atomic mass is 10.2. The van der Waals surface area contributed by atoms with Crippen LogP contribution in [0.15, 0.2) is 6.07 Å². The number of aromatic nitrogens is 2. The van der Waals surface area contributed by atoms with Gasteiger partial charge in [-0.2, -0.15) is 0 Å². The highest BCUT2D eigenvalue weighted by molar-refractivity contribution is 6.21. The molecule has 1 aliphatic heterocycles. The predicted octanol–water partition coefficient (Wildman–Crippen LogP) is 1.51.